The summed E-state index contributed by atoms with van der Waals surface area (Å²) < 4.78 is 6.04. The molecular weight excluding hydrogens is 338 g/mol. The Kier molecular flexibility index (Phi) is 3.34. The molecule has 2 heterocycles. The molecule has 2 aromatic heterocycles. The van der Waals surface area contributed by atoms with Gasteiger partial charge in [-0.15, -0.1) is 0 Å². The predicted octanol–water partition coefficient (Wildman–Crippen LogP) is 3.09. The molecule has 0 bridgehead atoms. The third-order valence-electron chi connectivity index (χ3n) is 3.03. The number of methoxy groups -OCH3 is 1. The topological polar surface area (TPSA) is 88.1 Å². The minimum absolute atomic E-state index is 0.0601. The molecule has 0 aliphatic rings. The zero-order chi connectivity index (χ0) is 15.0. The summed E-state index contributed by atoms with van der Waals surface area (Å²) in [5.74, 6) is -0.720. The highest BCUT2D eigenvalue weighted by atomic mass is 79.9. The number of aromatic amines is 1. The van der Waals surface area contributed by atoms with E-state index in [1.54, 1.807) is 6.07 Å². The summed E-state index contributed by atoms with van der Waals surface area (Å²) in [6, 6.07) is 9.07. The number of H-pyrrole nitrogens is 1. The number of ether oxygens (including phenoxy) is 1. The molecule has 3 aromatic rings. The van der Waals surface area contributed by atoms with Crippen LogP contribution in [0.4, 0.5) is 0 Å². The molecule has 6 nitrogen and oxygen atoms in total. The molecule has 2 N–H and O–H groups in total. The molecule has 106 valence electrons. The van der Waals surface area contributed by atoms with Gasteiger partial charge in [0.25, 0.3) is 0 Å². The number of hydrogen-bond acceptors (Lipinski definition) is 4. The number of nitrogens with zero attached hydrogens (tertiary/aromatic N) is 2. The molecular formula is C14H10BrN3O3. The Morgan fingerprint density at radius 1 is 1.38 bits per heavy atom. The maximum atomic E-state index is 11.3. The minimum atomic E-state index is -1.11. The molecule has 0 unspecified atom stereocenters. The van der Waals surface area contributed by atoms with Crippen LogP contribution in [0.2, 0.25) is 0 Å². The van der Waals surface area contributed by atoms with Crippen molar-refractivity contribution in [2.45, 2.75) is 0 Å². The van der Waals surface area contributed by atoms with Gasteiger partial charge in [-0.05, 0) is 12.1 Å². The fourth-order valence-corrected chi connectivity index (χ4v) is 2.52. The van der Waals surface area contributed by atoms with Gasteiger partial charge in [-0.1, -0.05) is 28.1 Å². The Morgan fingerprint density at radius 3 is 2.86 bits per heavy atom. The summed E-state index contributed by atoms with van der Waals surface area (Å²) in [7, 11) is 1.51. The molecule has 0 fully saturated rings. The van der Waals surface area contributed by atoms with Crippen molar-refractivity contribution in [3.05, 3.63) is 40.5 Å². The highest BCUT2D eigenvalue weighted by molar-refractivity contribution is 9.10. The molecule has 0 atom stereocenters. The molecule has 0 radical (unpaired) electrons. The SMILES string of the molecule is COc1cc2[nH]nc(C(=O)O)c2c(-c2cccc(Br)c2)n1. The smallest absolute Gasteiger partial charge is 0.357 e. The zero-order valence-electron chi connectivity index (χ0n) is 10.9. The summed E-state index contributed by atoms with van der Waals surface area (Å²) in [6.45, 7) is 0. The summed E-state index contributed by atoms with van der Waals surface area (Å²) in [5, 5.41) is 16.3. The average Bonchev–Trinajstić information content (AvgIpc) is 2.90. The van der Waals surface area contributed by atoms with Gasteiger partial charge in [0, 0.05) is 16.1 Å². The molecule has 0 spiro atoms. The van der Waals surface area contributed by atoms with Gasteiger partial charge in [-0.2, -0.15) is 5.10 Å². The second kappa shape index (κ2) is 5.17. The average molecular weight is 348 g/mol. The van der Waals surface area contributed by atoms with E-state index in [4.69, 9.17) is 4.74 Å². The number of halogens is 1. The number of nitrogens with one attached hydrogen (secondary N) is 1. The van der Waals surface area contributed by atoms with Crippen molar-refractivity contribution in [2.75, 3.05) is 7.11 Å². The van der Waals surface area contributed by atoms with Crippen molar-refractivity contribution < 1.29 is 14.6 Å². The van der Waals surface area contributed by atoms with Crippen LogP contribution in [-0.4, -0.2) is 33.4 Å². The molecule has 1 aromatic carbocycles. The maximum absolute atomic E-state index is 11.3. The van der Waals surface area contributed by atoms with E-state index < -0.39 is 5.97 Å². The largest absolute Gasteiger partial charge is 0.481 e. The van der Waals surface area contributed by atoms with E-state index >= 15 is 0 Å². The molecule has 0 amide bonds. The Balaban J connectivity index is 2.37. The lowest BCUT2D eigenvalue weighted by molar-refractivity contribution is 0.0692. The van der Waals surface area contributed by atoms with Gasteiger partial charge >= 0.3 is 5.97 Å². The first kappa shape index (κ1) is 13.6. The van der Waals surface area contributed by atoms with Crippen molar-refractivity contribution in [3.8, 4) is 17.1 Å². The Morgan fingerprint density at radius 2 is 2.19 bits per heavy atom. The molecule has 7 heteroatoms. The highest BCUT2D eigenvalue weighted by Crippen LogP contribution is 2.32. The monoisotopic (exact) mass is 347 g/mol. The minimum Gasteiger partial charge on any atom is -0.481 e. The highest BCUT2D eigenvalue weighted by Gasteiger charge is 2.19. The van der Waals surface area contributed by atoms with Gasteiger partial charge in [0.1, 0.15) is 0 Å². The molecule has 0 saturated heterocycles. The van der Waals surface area contributed by atoms with Gasteiger partial charge in [-0.25, -0.2) is 9.78 Å². The van der Waals surface area contributed by atoms with Gasteiger partial charge in [0.15, 0.2) is 5.69 Å². The number of fused-ring (bicyclic) bond motifs is 1. The molecule has 0 saturated carbocycles. The number of pyridine rings is 1. The van der Waals surface area contributed by atoms with Crippen molar-refractivity contribution in [1.82, 2.24) is 15.2 Å². The van der Waals surface area contributed by atoms with Gasteiger partial charge < -0.3 is 9.84 Å². The van der Waals surface area contributed by atoms with Crippen LogP contribution in [0.1, 0.15) is 10.5 Å². The number of rotatable bonds is 3. The molecule has 21 heavy (non-hydrogen) atoms. The van der Waals surface area contributed by atoms with Crippen LogP contribution in [0.3, 0.4) is 0 Å². The number of carboxylic acids is 1. The second-order valence-corrected chi connectivity index (χ2v) is 5.24. The summed E-state index contributed by atoms with van der Waals surface area (Å²) in [4.78, 5) is 15.7. The van der Waals surface area contributed by atoms with Crippen LogP contribution in [0.5, 0.6) is 5.88 Å². The van der Waals surface area contributed by atoms with Crippen LogP contribution >= 0.6 is 15.9 Å². The van der Waals surface area contributed by atoms with Crippen LogP contribution in [0.25, 0.3) is 22.2 Å². The number of carboxylic acid groups (broad SMARTS) is 1. The number of aromatic carboxylic acids is 1. The molecule has 0 aliphatic carbocycles. The number of carbonyl (C=O) groups is 1. The lowest BCUT2D eigenvalue weighted by Gasteiger charge is -2.07. The van der Waals surface area contributed by atoms with Crippen LogP contribution in [-0.2, 0) is 0 Å². The van der Waals surface area contributed by atoms with E-state index in [-0.39, 0.29) is 5.69 Å². The lowest BCUT2D eigenvalue weighted by Crippen LogP contribution is -1.99. The molecule has 3 rings (SSSR count). The third kappa shape index (κ3) is 2.36. The standard InChI is InChI=1S/C14H10BrN3O3/c1-21-10-6-9-11(13(14(19)20)18-17-9)12(16-10)7-3-2-4-8(15)5-7/h2-6H,1H3,(H,17,18)(H,19,20). The first-order valence-corrected chi connectivity index (χ1v) is 6.82. The quantitative estimate of drug-likeness (QED) is 0.759. The second-order valence-electron chi connectivity index (χ2n) is 4.32. The summed E-state index contributed by atoms with van der Waals surface area (Å²) >= 11 is 3.40. The van der Waals surface area contributed by atoms with Crippen molar-refractivity contribution >= 4 is 32.8 Å². The normalized spacial score (nSPS) is 10.8. The Labute approximate surface area is 127 Å². The number of aromatic nitrogens is 3. The predicted molar refractivity (Wildman–Crippen MR) is 80.5 cm³/mol. The zero-order valence-corrected chi connectivity index (χ0v) is 12.5. The third-order valence-corrected chi connectivity index (χ3v) is 3.52. The summed E-state index contributed by atoms with van der Waals surface area (Å²) in [6.07, 6.45) is 0. The van der Waals surface area contributed by atoms with E-state index in [2.05, 4.69) is 31.1 Å². The van der Waals surface area contributed by atoms with Crippen LogP contribution in [0, 0.1) is 0 Å². The van der Waals surface area contributed by atoms with Crippen molar-refractivity contribution in [1.29, 1.82) is 0 Å². The lowest BCUT2D eigenvalue weighted by atomic mass is 10.1. The fraction of sp³-hybridized carbons (Fsp3) is 0.0714. The van der Waals surface area contributed by atoms with Gasteiger partial charge in [0.2, 0.25) is 5.88 Å². The van der Waals surface area contributed by atoms with Gasteiger partial charge in [-0.3, -0.25) is 5.10 Å². The van der Waals surface area contributed by atoms with E-state index in [0.29, 0.717) is 22.5 Å². The first-order valence-electron chi connectivity index (χ1n) is 6.02. The van der Waals surface area contributed by atoms with E-state index in [1.165, 1.54) is 7.11 Å². The number of benzene rings is 1. The van der Waals surface area contributed by atoms with E-state index in [0.717, 1.165) is 10.0 Å². The van der Waals surface area contributed by atoms with Crippen LogP contribution in [0.15, 0.2) is 34.8 Å². The summed E-state index contributed by atoms with van der Waals surface area (Å²) in [5.41, 5.74) is 1.79. The Hall–Kier alpha value is -2.41. The Bertz CT molecular complexity index is 845. The van der Waals surface area contributed by atoms with Crippen LogP contribution < -0.4 is 4.74 Å². The first-order chi connectivity index (χ1) is 10.1. The maximum Gasteiger partial charge on any atom is 0.357 e. The van der Waals surface area contributed by atoms with E-state index in [9.17, 15) is 9.90 Å². The van der Waals surface area contributed by atoms with Crippen molar-refractivity contribution in [3.63, 3.8) is 0 Å². The molecule has 0 aliphatic heterocycles. The van der Waals surface area contributed by atoms with E-state index in [1.807, 2.05) is 24.3 Å². The fourth-order valence-electron chi connectivity index (χ4n) is 2.13. The van der Waals surface area contributed by atoms with Crippen molar-refractivity contribution in [2.24, 2.45) is 0 Å². The van der Waals surface area contributed by atoms with Gasteiger partial charge in [0.05, 0.1) is 23.7 Å². The number of hydrogen-bond donors (Lipinski definition) is 2.